The molecule has 0 aliphatic rings. The van der Waals surface area contributed by atoms with Crippen molar-refractivity contribution in [3.63, 3.8) is 0 Å². The molecule has 0 saturated carbocycles. The molecule has 18 nitrogen and oxygen atoms in total. The second-order valence-corrected chi connectivity index (χ2v) is 15.8. The van der Waals surface area contributed by atoms with E-state index in [0.29, 0.717) is 25.5 Å². The number of aldehydes is 1. The smallest absolute Gasteiger partial charge is 0.243 e. The van der Waals surface area contributed by atoms with Crippen LogP contribution in [-0.2, 0) is 28.8 Å². The number of nitrogens with one attached hydrogen (secondary N) is 6. The molecule has 0 aliphatic heterocycles. The van der Waals surface area contributed by atoms with Crippen molar-refractivity contribution in [2.75, 3.05) is 6.54 Å². The predicted molar refractivity (Wildman–Crippen MR) is 224 cm³/mol. The van der Waals surface area contributed by atoms with Crippen LogP contribution in [0.25, 0.3) is 0 Å². The van der Waals surface area contributed by atoms with Gasteiger partial charge in [0.15, 0.2) is 0 Å². The molecule has 59 heavy (non-hydrogen) atoms. The first-order valence-corrected chi connectivity index (χ1v) is 21.8. The lowest BCUT2D eigenvalue weighted by Crippen LogP contribution is -2.63. The van der Waals surface area contributed by atoms with Gasteiger partial charge in [0.1, 0.15) is 36.9 Å². The second kappa shape index (κ2) is 33.5. The summed E-state index contributed by atoms with van der Waals surface area (Å²) in [6.45, 7) is 7.89. The molecule has 0 spiro atoms. The van der Waals surface area contributed by atoms with Crippen molar-refractivity contribution < 1.29 is 54.3 Å². The first-order chi connectivity index (χ1) is 28.0. The summed E-state index contributed by atoms with van der Waals surface area (Å²) in [5.41, 5.74) is 5.35. The van der Waals surface area contributed by atoms with Crippen LogP contribution in [0.3, 0.4) is 0 Å². The third-order valence-electron chi connectivity index (χ3n) is 10.1. The highest BCUT2D eigenvalue weighted by Gasteiger charge is 2.35. The Morgan fingerprint density at radius 2 is 1.07 bits per heavy atom. The van der Waals surface area contributed by atoms with E-state index >= 15 is 0 Å². The Morgan fingerprint density at radius 1 is 0.593 bits per heavy atom. The average Bonchev–Trinajstić information content (AvgIpc) is 3.17. The van der Waals surface area contributed by atoms with E-state index in [0.717, 1.165) is 25.7 Å². The van der Waals surface area contributed by atoms with Crippen LogP contribution >= 0.6 is 0 Å². The highest BCUT2D eigenvalue weighted by atomic mass is 16.3. The Balaban J connectivity index is 5.19. The molecule has 13 N–H and O–H groups in total. The van der Waals surface area contributed by atoms with Crippen LogP contribution in [0, 0.1) is 0 Å². The van der Waals surface area contributed by atoms with Crippen LogP contribution in [0.4, 0.5) is 0 Å². The van der Waals surface area contributed by atoms with Crippen molar-refractivity contribution in [2.24, 2.45) is 5.73 Å². The van der Waals surface area contributed by atoms with Crippen LogP contribution < -0.4 is 37.6 Å². The molecular weight excluding hydrogens is 766 g/mol. The zero-order valence-electron chi connectivity index (χ0n) is 36.3. The summed E-state index contributed by atoms with van der Waals surface area (Å²) in [5.74, 6) is -4.07. The number of rotatable bonds is 37. The van der Waals surface area contributed by atoms with E-state index in [2.05, 4.69) is 38.8 Å². The molecule has 0 heterocycles. The Bertz CT molecular complexity index is 1190. The van der Waals surface area contributed by atoms with Gasteiger partial charge in [0.2, 0.25) is 29.5 Å². The van der Waals surface area contributed by atoms with Crippen molar-refractivity contribution in [1.82, 2.24) is 31.9 Å². The summed E-state index contributed by atoms with van der Waals surface area (Å²) < 4.78 is 0. The van der Waals surface area contributed by atoms with Crippen LogP contribution in [-0.4, -0.2) is 129 Å². The molecule has 6 unspecified atom stereocenters. The number of aliphatic hydroxyl groups is 5. The van der Waals surface area contributed by atoms with E-state index in [1.54, 1.807) is 0 Å². The van der Waals surface area contributed by atoms with E-state index in [4.69, 9.17) is 5.73 Å². The quantitative estimate of drug-likeness (QED) is 0.0229. The summed E-state index contributed by atoms with van der Waals surface area (Å²) in [7, 11) is 0. The zero-order chi connectivity index (χ0) is 44.8. The van der Waals surface area contributed by atoms with E-state index in [1.165, 1.54) is 78.6 Å². The first-order valence-electron chi connectivity index (χ1n) is 21.8. The molecule has 0 saturated heterocycles. The maximum absolute atomic E-state index is 13.4. The summed E-state index contributed by atoms with van der Waals surface area (Å²) in [6, 6.07) is -6.76. The monoisotopic (exact) mass is 846 g/mol. The largest absolute Gasteiger partial charge is 0.391 e. The molecule has 344 valence electrons. The Hall–Kier alpha value is -3.26. The van der Waals surface area contributed by atoms with Gasteiger partial charge >= 0.3 is 0 Å². The van der Waals surface area contributed by atoms with E-state index < -0.39 is 97.4 Å². The van der Waals surface area contributed by atoms with Crippen molar-refractivity contribution in [3.05, 3.63) is 0 Å². The number of primary amides is 1. The number of unbranched alkanes of at least 4 members (excludes halogenated alkanes) is 13. The van der Waals surface area contributed by atoms with E-state index in [-0.39, 0.29) is 18.9 Å². The van der Waals surface area contributed by atoms with Gasteiger partial charge in [0, 0.05) is 12.8 Å². The molecule has 0 aromatic rings. The van der Waals surface area contributed by atoms with Gasteiger partial charge in [-0.05, 0) is 33.6 Å². The number of nitrogens with two attached hydrogens (primary N) is 1. The molecule has 0 bridgehead atoms. The van der Waals surface area contributed by atoms with Crippen molar-refractivity contribution in [3.8, 4) is 0 Å². The van der Waals surface area contributed by atoms with Gasteiger partial charge in [-0.15, -0.1) is 0 Å². The maximum atomic E-state index is 13.4. The van der Waals surface area contributed by atoms with Gasteiger partial charge in [0.25, 0.3) is 0 Å². The standard InChI is InChI=1S/C41H79N7O11/c1-6-8-10-11-12-13-14-15-16-17-18-19-20-22-34(54)43-26-35(55)47-36(28(4)51)40(58)45-31(23-24-49)38(56)46-32(25-33(42)53)39(57)48-37(29(5)52)41(59)44-30(27(3)50)21-9-7-2/h24,27-32,35-37,39,47-48,50-52,55,57H,6-23,25-26H2,1-5H3,(H2,42,53)(H,43,54)(H,44,59)(H,45,58)(H,46,56)/t27?,28?,29?,30-,31-,32?,35?,36-,37-,39?/m0/s1. The molecule has 0 aliphatic carbocycles. The molecule has 0 radical (unpaired) electrons. The molecule has 0 fully saturated rings. The number of carbonyl (C=O) groups excluding carboxylic acids is 6. The minimum absolute atomic E-state index is 0.267. The minimum Gasteiger partial charge on any atom is -0.391 e. The highest BCUT2D eigenvalue weighted by Crippen LogP contribution is 2.13. The fourth-order valence-electron chi connectivity index (χ4n) is 6.50. The molecule has 0 aromatic carbocycles. The van der Waals surface area contributed by atoms with Crippen molar-refractivity contribution >= 4 is 35.8 Å². The third-order valence-corrected chi connectivity index (χ3v) is 10.1. The van der Waals surface area contributed by atoms with Crippen molar-refractivity contribution in [1.29, 1.82) is 0 Å². The number of carbonyl (C=O) groups is 6. The first kappa shape index (κ1) is 55.7. The Labute approximate surface area is 351 Å². The normalized spacial score (nSPS) is 16.6. The van der Waals surface area contributed by atoms with Gasteiger partial charge in [0.05, 0.1) is 43.4 Å². The van der Waals surface area contributed by atoms with Gasteiger partial charge in [-0.2, -0.15) is 0 Å². The number of hydrogen-bond donors (Lipinski definition) is 12. The summed E-state index contributed by atoms with van der Waals surface area (Å²) >= 11 is 0. The highest BCUT2D eigenvalue weighted by molar-refractivity contribution is 5.92. The van der Waals surface area contributed by atoms with E-state index in [9.17, 15) is 54.3 Å². The van der Waals surface area contributed by atoms with Crippen molar-refractivity contribution in [2.45, 2.75) is 218 Å². The van der Waals surface area contributed by atoms with Crippen LogP contribution in [0.15, 0.2) is 0 Å². The second-order valence-electron chi connectivity index (χ2n) is 15.8. The lowest BCUT2D eigenvalue weighted by molar-refractivity contribution is -0.134. The number of aliphatic hydroxyl groups excluding tert-OH is 5. The lowest BCUT2D eigenvalue weighted by Gasteiger charge is -2.32. The van der Waals surface area contributed by atoms with Crippen LogP contribution in [0.5, 0.6) is 0 Å². The number of amides is 5. The number of hydrogen-bond acceptors (Lipinski definition) is 13. The van der Waals surface area contributed by atoms with Crippen LogP contribution in [0.1, 0.15) is 157 Å². The minimum atomic E-state index is -1.87. The Morgan fingerprint density at radius 3 is 1.54 bits per heavy atom. The predicted octanol–water partition coefficient (Wildman–Crippen LogP) is 0.389. The maximum Gasteiger partial charge on any atom is 0.243 e. The molecular formula is C41H79N7O11. The molecule has 18 heteroatoms. The average molecular weight is 846 g/mol. The van der Waals surface area contributed by atoms with Gasteiger partial charge in [-0.3, -0.25) is 34.6 Å². The topological polar surface area (TPSA) is 302 Å². The molecule has 10 atom stereocenters. The van der Waals surface area contributed by atoms with Crippen LogP contribution in [0.2, 0.25) is 0 Å². The fourth-order valence-corrected chi connectivity index (χ4v) is 6.50. The third kappa shape index (κ3) is 26.5. The zero-order valence-corrected chi connectivity index (χ0v) is 36.3. The summed E-state index contributed by atoms with van der Waals surface area (Å²) in [6.07, 6.45) is 9.50. The van der Waals surface area contributed by atoms with Gasteiger partial charge in [-0.25, -0.2) is 0 Å². The summed E-state index contributed by atoms with van der Waals surface area (Å²) in [4.78, 5) is 75.5. The molecule has 0 rings (SSSR count). The fraction of sp³-hybridized carbons (Fsp3) is 0.854. The molecule has 0 aromatic heterocycles. The van der Waals surface area contributed by atoms with Gasteiger partial charge in [-0.1, -0.05) is 104 Å². The SMILES string of the molecule is CCCCCCCCCCCCCCCC(=O)NCC(O)N[C@H](C(=O)N[C@@H](CC=O)C(=O)NC(CC(N)=O)C(O)N[C@H](C(=O)N[C@@H](CCCC)C(C)O)C(C)O)C(C)O. The Kier molecular flexibility index (Phi) is 31.6. The lowest BCUT2D eigenvalue weighted by atomic mass is 10.0. The molecule has 5 amide bonds. The summed E-state index contributed by atoms with van der Waals surface area (Å²) in [5, 5.41) is 67.2. The van der Waals surface area contributed by atoms with E-state index in [1.807, 2.05) is 6.92 Å². The van der Waals surface area contributed by atoms with Gasteiger partial charge < -0.3 is 57.3 Å².